The van der Waals surface area contributed by atoms with Gasteiger partial charge >= 0.3 is 17.9 Å². The molecule has 0 fully saturated rings. The normalized spacial score (nSPS) is 22.8. The zero-order valence-electron chi connectivity index (χ0n) is 16.9. The van der Waals surface area contributed by atoms with E-state index in [2.05, 4.69) is 10.1 Å². The van der Waals surface area contributed by atoms with E-state index in [1.165, 1.54) is 34.0 Å². The lowest BCUT2D eigenvalue weighted by atomic mass is 9.79. The van der Waals surface area contributed by atoms with Crippen molar-refractivity contribution >= 4 is 23.8 Å². The molecule has 4 unspecified atom stereocenters. The molecule has 1 rings (SSSR count). The number of nitrogens with two attached hydrogens (primary N) is 1. The van der Waals surface area contributed by atoms with E-state index < -0.39 is 47.6 Å². The highest BCUT2D eigenvalue weighted by Gasteiger charge is 2.48. The molecule has 0 aromatic rings. The number of amides is 1. The SMILES string of the molecule is COC(=O)C1=CC(N)C(NC(C)=O)C(C(OC(C)=O)C(C)(C)COC(C)=O)O1. The van der Waals surface area contributed by atoms with E-state index in [4.69, 9.17) is 19.9 Å². The van der Waals surface area contributed by atoms with Crippen LogP contribution in [0.1, 0.15) is 34.6 Å². The molecule has 4 atom stereocenters. The molecule has 10 nitrogen and oxygen atoms in total. The second kappa shape index (κ2) is 9.54. The fraction of sp³-hybridized carbons (Fsp3) is 0.667. The number of hydrogen-bond donors (Lipinski definition) is 2. The number of carbonyl (C=O) groups is 4. The lowest BCUT2D eigenvalue weighted by Crippen LogP contribution is -2.63. The van der Waals surface area contributed by atoms with Crippen molar-refractivity contribution in [1.29, 1.82) is 0 Å². The standard InChI is InChI=1S/C18H28N2O8/c1-9(21)20-14-12(19)7-13(17(24)25-6)28-15(14)16(27-11(3)23)18(4,5)8-26-10(2)22/h7,12,14-16H,8,19H2,1-6H3,(H,20,21). The molecular weight excluding hydrogens is 372 g/mol. The van der Waals surface area contributed by atoms with Gasteiger partial charge in [-0.25, -0.2) is 4.79 Å². The van der Waals surface area contributed by atoms with Crippen molar-refractivity contribution in [3.8, 4) is 0 Å². The van der Waals surface area contributed by atoms with Gasteiger partial charge in [-0.05, 0) is 6.08 Å². The monoisotopic (exact) mass is 400 g/mol. The third kappa shape index (κ3) is 6.22. The maximum atomic E-state index is 12.0. The molecule has 10 heteroatoms. The summed E-state index contributed by atoms with van der Waals surface area (Å²) in [5.41, 5.74) is 5.20. The summed E-state index contributed by atoms with van der Waals surface area (Å²) in [6.45, 7) is 7.05. The summed E-state index contributed by atoms with van der Waals surface area (Å²) in [6, 6.07) is -1.63. The zero-order valence-corrected chi connectivity index (χ0v) is 16.9. The van der Waals surface area contributed by atoms with E-state index in [0.717, 1.165) is 0 Å². The van der Waals surface area contributed by atoms with Gasteiger partial charge in [0.05, 0.1) is 19.2 Å². The number of esters is 3. The fourth-order valence-corrected chi connectivity index (χ4v) is 2.86. The first-order valence-corrected chi connectivity index (χ1v) is 8.69. The molecule has 0 spiro atoms. The summed E-state index contributed by atoms with van der Waals surface area (Å²) in [5, 5.41) is 2.67. The van der Waals surface area contributed by atoms with Crippen molar-refractivity contribution in [2.45, 2.75) is 58.9 Å². The number of nitrogens with one attached hydrogen (secondary N) is 1. The summed E-state index contributed by atoms with van der Waals surface area (Å²) in [6.07, 6.45) is -0.722. The Labute approximate surface area is 163 Å². The Kier molecular flexibility index (Phi) is 7.98. The molecule has 0 saturated carbocycles. The summed E-state index contributed by atoms with van der Waals surface area (Å²) in [5.74, 6) is -2.44. The van der Waals surface area contributed by atoms with Gasteiger partial charge in [0.25, 0.3) is 0 Å². The third-order valence-electron chi connectivity index (χ3n) is 4.14. The molecular formula is C18H28N2O8. The summed E-state index contributed by atoms with van der Waals surface area (Å²) >= 11 is 0. The average Bonchev–Trinajstić information content (AvgIpc) is 2.58. The number of ether oxygens (including phenoxy) is 4. The number of carbonyl (C=O) groups excluding carboxylic acids is 4. The Balaban J connectivity index is 3.35. The van der Waals surface area contributed by atoms with Gasteiger partial charge < -0.3 is 30.0 Å². The van der Waals surface area contributed by atoms with Gasteiger partial charge in [-0.3, -0.25) is 14.4 Å². The van der Waals surface area contributed by atoms with Crippen LogP contribution in [0.3, 0.4) is 0 Å². The first-order chi connectivity index (χ1) is 12.9. The predicted molar refractivity (Wildman–Crippen MR) is 96.5 cm³/mol. The van der Waals surface area contributed by atoms with Gasteiger partial charge in [0, 0.05) is 26.2 Å². The maximum absolute atomic E-state index is 12.0. The van der Waals surface area contributed by atoms with Crippen LogP contribution in [0.2, 0.25) is 0 Å². The van der Waals surface area contributed by atoms with Crippen LogP contribution in [0.4, 0.5) is 0 Å². The predicted octanol–water partition coefficient (Wildman–Crippen LogP) is -0.205. The van der Waals surface area contributed by atoms with E-state index in [-0.39, 0.29) is 18.3 Å². The molecule has 1 aliphatic rings. The van der Waals surface area contributed by atoms with Gasteiger partial charge in [-0.15, -0.1) is 0 Å². The van der Waals surface area contributed by atoms with Gasteiger partial charge in [-0.1, -0.05) is 13.8 Å². The van der Waals surface area contributed by atoms with Crippen LogP contribution in [-0.4, -0.2) is 61.8 Å². The van der Waals surface area contributed by atoms with Crippen molar-refractivity contribution in [3.05, 3.63) is 11.8 Å². The van der Waals surface area contributed by atoms with Gasteiger partial charge in [-0.2, -0.15) is 0 Å². The molecule has 1 aliphatic heterocycles. The molecule has 0 radical (unpaired) electrons. The van der Waals surface area contributed by atoms with Crippen molar-refractivity contribution in [2.75, 3.05) is 13.7 Å². The molecule has 0 saturated heterocycles. The Morgan fingerprint density at radius 3 is 2.29 bits per heavy atom. The number of hydrogen-bond acceptors (Lipinski definition) is 9. The molecule has 1 amide bonds. The summed E-state index contributed by atoms with van der Waals surface area (Å²) in [7, 11) is 1.18. The molecule has 0 aromatic heterocycles. The third-order valence-corrected chi connectivity index (χ3v) is 4.14. The van der Waals surface area contributed by atoms with Crippen molar-refractivity contribution in [3.63, 3.8) is 0 Å². The Hall–Kier alpha value is -2.62. The summed E-state index contributed by atoms with van der Waals surface area (Å²) in [4.78, 5) is 46.6. The minimum absolute atomic E-state index is 0.0978. The first-order valence-electron chi connectivity index (χ1n) is 8.69. The lowest BCUT2D eigenvalue weighted by molar-refractivity contribution is -0.177. The average molecular weight is 400 g/mol. The molecule has 0 bridgehead atoms. The summed E-state index contributed by atoms with van der Waals surface area (Å²) < 4.78 is 21.0. The topological polar surface area (TPSA) is 143 Å². The number of rotatable bonds is 7. The van der Waals surface area contributed by atoms with E-state index in [1.54, 1.807) is 13.8 Å². The largest absolute Gasteiger partial charge is 0.477 e. The van der Waals surface area contributed by atoms with Crippen LogP contribution in [-0.2, 0) is 38.1 Å². The van der Waals surface area contributed by atoms with Gasteiger partial charge in [0.15, 0.2) is 6.10 Å². The van der Waals surface area contributed by atoms with Crippen molar-refractivity contribution < 1.29 is 38.1 Å². The smallest absolute Gasteiger partial charge is 0.373 e. The molecule has 0 aromatic carbocycles. The highest BCUT2D eigenvalue weighted by Crippen LogP contribution is 2.33. The molecule has 3 N–H and O–H groups in total. The Morgan fingerprint density at radius 1 is 1.21 bits per heavy atom. The van der Waals surface area contributed by atoms with Gasteiger partial charge in [0.1, 0.15) is 12.7 Å². The van der Waals surface area contributed by atoms with Crippen LogP contribution in [0.25, 0.3) is 0 Å². The van der Waals surface area contributed by atoms with E-state index >= 15 is 0 Å². The lowest BCUT2D eigenvalue weighted by Gasteiger charge is -2.44. The Bertz CT molecular complexity index is 658. The van der Waals surface area contributed by atoms with E-state index in [1.807, 2.05) is 0 Å². The molecule has 1 heterocycles. The van der Waals surface area contributed by atoms with Crippen LogP contribution in [0, 0.1) is 5.41 Å². The molecule has 28 heavy (non-hydrogen) atoms. The second-order valence-corrected chi connectivity index (χ2v) is 7.21. The van der Waals surface area contributed by atoms with E-state index in [9.17, 15) is 19.2 Å². The second-order valence-electron chi connectivity index (χ2n) is 7.21. The maximum Gasteiger partial charge on any atom is 0.373 e. The number of methoxy groups -OCH3 is 1. The quantitative estimate of drug-likeness (QED) is 0.438. The van der Waals surface area contributed by atoms with E-state index in [0.29, 0.717) is 0 Å². The van der Waals surface area contributed by atoms with Gasteiger partial charge in [0.2, 0.25) is 11.7 Å². The fourth-order valence-electron chi connectivity index (χ4n) is 2.86. The van der Waals surface area contributed by atoms with Crippen molar-refractivity contribution in [1.82, 2.24) is 5.32 Å². The zero-order chi connectivity index (χ0) is 21.6. The van der Waals surface area contributed by atoms with Crippen LogP contribution >= 0.6 is 0 Å². The molecule has 0 aliphatic carbocycles. The first kappa shape index (κ1) is 23.4. The highest BCUT2D eigenvalue weighted by atomic mass is 16.6. The minimum Gasteiger partial charge on any atom is -0.477 e. The van der Waals surface area contributed by atoms with Crippen LogP contribution < -0.4 is 11.1 Å². The molecule has 158 valence electrons. The van der Waals surface area contributed by atoms with Crippen LogP contribution in [0.15, 0.2) is 11.8 Å². The Morgan fingerprint density at radius 2 is 1.82 bits per heavy atom. The van der Waals surface area contributed by atoms with Crippen molar-refractivity contribution in [2.24, 2.45) is 11.1 Å². The van der Waals surface area contributed by atoms with Crippen LogP contribution in [0.5, 0.6) is 0 Å². The minimum atomic E-state index is -1.03. The highest BCUT2D eigenvalue weighted by molar-refractivity contribution is 5.86.